The molecule has 0 spiro atoms. The van der Waals surface area contributed by atoms with E-state index in [0.29, 0.717) is 0 Å². The van der Waals surface area contributed by atoms with E-state index >= 15 is 0 Å². The predicted octanol–water partition coefficient (Wildman–Crippen LogP) is 18.0. The van der Waals surface area contributed by atoms with Crippen molar-refractivity contribution >= 4 is 8.32 Å². The van der Waals surface area contributed by atoms with Crippen LogP contribution in [0, 0.1) is 357 Å². The highest BCUT2D eigenvalue weighted by atomic mass is 28.4. The maximum Gasteiger partial charge on any atom is 0.187 e. The van der Waals surface area contributed by atoms with Gasteiger partial charge in [-0.1, -0.05) is 74.1 Å². The van der Waals surface area contributed by atoms with Crippen molar-refractivity contribution in [1.82, 2.24) is 0 Å². The summed E-state index contributed by atoms with van der Waals surface area (Å²) in [4.78, 5) is 9.49. The Morgan fingerprint density at radius 1 is 0.276 bits per heavy atom. The second-order valence-corrected chi connectivity index (χ2v) is 21.2. The van der Waals surface area contributed by atoms with Gasteiger partial charge < -0.3 is 19.5 Å². The van der Waals surface area contributed by atoms with Crippen LogP contribution in [0.3, 0.4) is 0 Å². The normalized spacial score (nSPS) is 6.28. The molecular weight excluding hydrogens is 1080 g/mol. The first-order valence-corrected chi connectivity index (χ1v) is 28.7. The third-order valence-corrected chi connectivity index (χ3v) is 12.9. The van der Waals surface area contributed by atoms with Crippen molar-refractivity contribution in [2.24, 2.45) is 0 Å². The van der Waals surface area contributed by atoms with Crippen LogP contribution >= 0.6 is 0 Å². The highest BCUT2D eigenvalue weighted by molar-refractivity contribution is 6.72. The highest BCUT2D eigenvalue weighted by Gasteiger charge is 2.33. The third-order valence-electron chi connectivity index (χ3n) is 9.19. The summed E-state index contributed by atoms with van der Waals surface area (Å²) in [5.74, 6) is 136. The number of halogens is 1. The molecule has 0 heterocycles. The molecule has 0 aromatic rings. The van der Waals surface area contributed by atoms with Gasteiger partial charge in [0.1, 0.15) is 0 Å². The summed E-state index contributed by atoms with van der Waals surface area (Å²) >= 11 is 0. The van der Waals surface area contributed by atoms with E-state index < -0.39 is 8.32 Å². The van der Waals surface area contributed by atoms with Gasteiger partial charge in [-0.25, -0.2) is 0 Å². The van der Waals surface area contributed by atoms with Gasteiger partial charge in [0.05, 0.1) is 26.2 Å². The largest absolute Gasteiger partial charge is 1.00 e. The van der Waals surface area contributed by atoms with E-state index in [-0.39, 0.29) is 98.0 Å². The third kappa shape index (κ3) is 74.9. The van der Waals surface area contributed by atoms with Crippen molar-refractivity contribution in [1.29, 1.82) is 0 Å². The number of quaternary nitrogens is 1. The zero-order chi connectivity index (χ0) is 63.6. The average Bonchev–Trinajstić information content (AvgIpc) is 0.880. The van der Waals surface area contributed by atoms with Gasteiger partial charge >= 0.3 is 0 Å². The smallest absolute Gasteiger partial charge is 0.187 e. The van der Waals surface area contributed by atoms with Gasteiger partial charge in [0.15, 0.2) is 8.32 Å². The lowest BCUT2D eigenvalue weighted by atomic mass is 10.1. The van der Waals surface area contributed by atoms with E-state index in [0.717, 1.165) is 0 Å². The van der Waals surface area contributed by atoms with Crippen LogP contribution in [0.5, 0.6) is 0 Å². The maximum absolute atomic E-state index is 9.49. The molecule has 0 amide bonds. The van der Waals surface area contributed by atoms with Crippen LogP contribution in [0.2, 0.25) is 18.1 Å². The summed E-state index contributed by atoms with van der Waals surface area (Å²) in [7, 11) is -1.86. The van der Waals surface area contributed by atoms with Crippen LogP contribution in [0.1, 0.15) is 183 Å². The Morgan fingerprint density at radius 3 is 0.437 bits per heavy atom. The summed E-state index contributed by atoms with van der Waals surface area (Å²) in [6.45, 7) is 25.2. The molecule has 3 nitrogen and oxygen atoms in total. The monoisotopic (exact) mass is 1250 g/mol. The van der Waals surface area contributed by atoms with Crippen LogP contribution < -0.4 is 4.70 Å². The molecule has 0 atom stereocenters. The Hall–Kier alpha value is -13.2. The van der Waals surface area contributed by atoms with Crippen LogP contribution in [0.15, 0.2) is 0 Å². The standard InChI is InChI=1S/2C30H2.C16H36N.C6H16OSi.FH.H2O.58H2/c2*1-3-5-7-9-11-13-15-17-19-21-23-25-27-29-30-28-26-24-22-20-18-16-14-12-10-8-6-4-2;1-5-9-13-17(14-10-6-2,15-11-7-3)16-12-8-4;1-6(2,3)8(4,5)7;;;;;;;;;;;;;;;;;;;;;;;;;;;;;;;;;;;;;;;;;;;;;;;;;;;;;;;;;;;;/h2*1-2H;5-16H2,1-4H3;7H,1-5H3;1H;1H2;58*1H/q;;+1;;;;;;;;;;;;;;;;;;;;;;;;;;;;;;;;;;;;;;;;;;;;;;;;;;;;;;;;;;;;;/p-1. The summed E-state index contributed by atoms with van der Waals surface area (Å²) in [6, 6.07) is 0. The van der Waals surface area contributed by atoms with E-state index in [4.69, 9.17) is 25.7 Å². The van der Waals surface area contributed by atoms with Crippen molar-refractivity contribution in [2.75, 3.05) is 26.2 Å². The molecule has 0 rings (SSSR count). The van der Waals surface area contributed by atoms with Crippen LogP contribution in [-0.4, -0.2) is 49.3 Å². The Bertz CT molecular complexity index is 3890. The maximum atomic E-state index is 9.49. The van der Waals surface area contributed by atoms with E-state index in [9.17, 15) is 4.80 Å². The number of rotatable bonds is 12. The highest BCUT2D eigenvalue weighted by Crippen LogP contribution is 2.33. The summed E-state index contributed by atoms with van der Waals surface area (Å²) in [5, 5.41) is 0.132. The first-order valence-electron chi connectivity index (χ1n) is 25.7. The first kappa shape index (κ1) is 85.1. The Labute approximate surface area is 612 Å². The number of hydrogen-bond donors (Lipinski definition) is 1. The molecule has 0 radical (unpaired) electrons. The minimum atomic E-state index is -1.86. The van der Waals surface area contributed by atoms with Crippen molar-refractivity contribution in [3.63, 3.8) is 0 Å². The minimum absolute atomic E-state index is 0. The molecule has 0 saturated carbocycles. The second kappa shape index (κ2) is 70.8. The van der Waals surface area contributed by atoms with Gasteiger partial charge in [0.25, 0.3) is 0 Å². The van der Waals surface area contributed by atoms with Crippen LogP contribution in [0.4, 0.5) is 0 Å². The molecule has 0 aromatic carbocycles. The van der Waals surface area contributed by atoms with Gasteiger partial charge in [-0.2, -0.15) is 0 Å². The van der Waals surface area contributed by atoms with Crippen molar-refractivity contribution in [3.8, 4) is 357 Å². The van der Waals surface area contributed by atoms with Gasteiger partial charge in [-0.3, -0.25) is 0 Å². The summed E-state index contributed by atoms with van der Waals surface area (Å²) < 4.78 is 1.42. The molecule has 0 aliphatic carbocycles. The first-order chi connectivity index (χ1) is 41.3. The van der Waals surface area contributed by atoms with E-state index in [2.05, 4.69) is 380 Å². The zero-order valence-electron chi connectivity index (χ0n) is 50.6. The average molecular weight is 1250 g/mol. The molecule has 530 valence electrons. The Kier molecular flexibility index (Phi) is 69.3. The Balaban J connectivity index is -0.00000000889. The lowest BCUT2D eigenvalue weighted by Gasteiger charge is -2.39. The molecular formula is C82H174FNO2Si. The van der Waals surface area contributed by atoms with Gasteiger partial charge in [0.2, 0.25) is 0 Å². The fourth-order valence-corrected chi connectivity index (χ4v) is 4.29. The number of terminal acetylenes is 4. The molecule has 0 fully saturated rings. The van der Waals surface area contributed by atoms with Gasteiger partial charge in [0, 0.05) is 225 Å². The lowest BCUT2D eigenvalue weighted by molar-refractivity contribution is -0.929. The summed E-state index contributed by atoms with van der Waals surface area (Å²) in [5.41, 5.74) is 0. The molecule has 0 aliphatic heterocycles. The lowest BCUT2D eigenvalue weighted by Crippen LogP contribution is -3.00. The SMILES string of the molecule is C#CC#CC#CC#CC#CC#CC#CC#CC#CC#CC#CC#CC#CC#CC#C.C#CC#CC#CC#CC#CC#CC#CC#CC#CC#CC#CC#CC#CC#CC#C.CC(C)(C)[Si](C)(C)O.CCCC[N+](CCCC)(CCCC)CCCC.O.[F-].[HH].[HH].[HH].[HH].[HH].[HH].[HH].[HH].[HH].[HH].[HH].[HH].[HH].[HH].[HH].[HH].[HH].[HH].[HH].[HH].[HH].[HH].[HH].[HH].[HH].[HH].[HH].[HH].[HH].[HH].[HH].[HH].[HH].[HH].[HH].[HH].[HH].[HH].[HH].[HH].[HH].[HH].[HH].[HH].[HH].[HH].[HH].[HH].[HH].[HH].[HH].[HH].[HH].[HH].[HH].[HH].[HH].[HH]. The fourth-order valence-electron chi connectivity index (χ4n) is 4.29. The number of hydrogen-bond acceptors (Lipinski definition) is 1. The van der Waals surface area contributed by atoms with Gasteiger partial charge in [-0.05, 0) is 233 Å². The van der Waals surface area contributed by atoms with E-state index in [1.807, 2.05) is 13.1 Å². The second-order valence-electron chi connectivity index (χ2n) is 16.5. The van der Waals surface area contributed by atoms with Crippen molar-refractivity contribution in [2.45, 2.75) is 118 Å². The number of unbranched alkanes of at least 4 members (excludes halogenated alkanes) is 4. The van der Waals surface area contributed by atoms with E-state index in [1.54, 1.807) is 0 Å². The molecule has 0 aromatic heterocycles. The predicted molar refractivity (Wildman–Crippen MR) is 483 cm³/mol. The van der Waals surface area contributed by atoms with E-state index in [1.165, 1.54) is 82.0 Å². The molecule has 0 bridgehead atoms. The Morgan fingerprint density at radius 2 is 0.368 bits per heavy atom. The topological polar surface area (TPSA) is 51.7 Å². The fraction of sp³-hybridized carbons (Fsp3) is 0.268. The summed E-state index contributed by atoms with van der Waals surface area (Å²) in [6.07, 6.45) is 30.7. The van der Waals surface area contributed by atoms with Crippen molar-refractivity contribution in [3.05, 3.63) is 0 Å². The molecule has 87 heavy (non-hydrogen) atoms. The van der Waals surface area contributed by atoms with Gasteiger partial charge in [-0.15, -0.1) is 25.7 Å². The molecule has 0 unspecified atom stereocenters. The molecule has 3 N–H and O–H groups in total. The molecule has 0 saturated heterocycles. The number of nitrogens with zero attached hydrogens (tertiary/aromatic N) is 1. The minimum Gasteiger partial charge on any atom is -1.00 e. The van der Waals surface area contributed by atoms with Crippen molar-refractivity contribution < 1.29 is 102 Å². The zero-order valence-corrected chi connectivity index (χ0v) is 51.6. The molecule has 0 aliphatic rings. The quantitative estimate of drug-likeness (QED) is 0.118. The molecule has 5 heteroatoms. The van der Waals surface area contributed by atoms with Crippen LogP contribution in [-0.2, 0) is 0 Å². The van der Waals surface area contributed by atoms with Crippen LogP contribution in [0.25, 0.3) is 0 Å².